The number of aromatic nitrogens is 2. The maximum atomic E-state index is 12.0. The van der Waals surface area contributed by atoms with Gasteiger partial charge in [0, 0.05) is 20.0 Å². The third-order valence-electron chi connectivity index (χ3n) is 4.40. The smallest absolute Gasteiger partial charge is 0.257 e. The highest BCUT2D eigenvalue weighted by molar-refractivity contribution is 7.13. The summed E-state index contributed by atoms with van der Waals surface area (Å²) >= 11 is 1.59. The minimum Gasteiger partial charge on any atom is -0.418 e. The van der Waals surface area contributed by atoms with Crippen LogP contribution in [0.4, 0.5) is 0 Å². The Morgan fingerprint density at radius 3 is 2.74 bits per heavy atom. The van der Waals surface area contributed by atoms with Crippen LogP contribution in [0.3, 0.4) is 0 Å². The molecule has 1 aliphatic heterocycles. The van der Waals surface area contributed by atoms with Crippen LogP contribution in [0.5, 0.6) is 0 Å². The highest BCUT2D eigenvalue weighted by Crippen LogP contribution is 2.29. The van der Waals surface area contributed by atoms with Gasteiger partial charge >= 0.3 is 0 Å². The molecule has 1 amide bonds. The van der Waals surface area contributed by atoms with E-state index in [1.54, 1.807) is 16.2 Å². The van der Waals surface area contributed by atoms with E-state index in [1.165, 1.54) is 0 Å². The number of nitrogens with zero attached hydrogens (tertiary/aromatic N) is 4. The maximum Gasteiger partial charge on any atom is 0.257 e. The van der Waals surface area contributed by atoms with Crippen molar-refractivity contribution in [1.82, 2.24) is 20.0 Å². The topological polar surface area (TPSA) is 62.5 Å². The predicted octanol–water partition coefficient (Wildman–Crippen LogP) is 2.66. The first-order valence-corrected chi connectivity index (χ1v) is 8.76. The maximum absolute atomic E-state index is 12.0. The molecular formula is C16H22N4O2S. The van der Waals surface area contributed by atoms with Crippen molar-refractivity contribution in [2.24, 2.45) is 5.92 Å². The molecule has 3 rings (SSSR count). The molecule has 3 heterocycles. The molecule has 2 aromatic rings. The highest BCUT2D eigenvalue weighted by atomic mass is 32.1. The molecular weight excluding hydrogens is 312 g/mol. The van der Waals surface area contributed by atoms with Gasteiger partial charge in [-0.3, -0.25) is 9.69 Å². The number of piperidine rings is 1. The fourth-order valence-electron chi connectivity index (χ4n) is 2.96. The van der Waals surface area contributed by atoms with E-state index in [0.29, 0.717) is 11.8 Å². The van der Waals surface area contributed by atoms with Crippen LogP contribution in [0.1, 0.15) is 31.7 Å². The van der Waals surface area contributed by atoms with Gasteiger partial charge in [-0.05, 0) is 44.3 Å². The van der Waals surface area contributed by atoms with Crippen LogP contribution in [0.2, 0.25) is 0 Å². The Bertz CT molecular complexity index is 645. The summed E-state index contributed by atoms with van der Waals surface area (Å²) < 4.78 is 5.83. The Morgan fingerprint density at radius 2 is 2.13 bits per heavy atom. The van der Waals surface area contributed by atoms with Gasteiger partial charge in [-0.15, -0.1) is 21.5 Å². The van der Waals surface area contributed by atoms with Gasteiger partial charge < -0.3 is 9.32 Å². The molecule has 0 radical (unpaired) electrons. The lowest BCUT2D eigenvalue weighted by Gasteiger charge is -2.34. The van der Waals surface area contributed by atoms with Gasteiger partial charge in [0.2, 0.25) is 11.8 Å². The summed E-state index contributed by atoms with van der Waals surface area (Å²) in [6, 6.07) is 4.02. The van der Waals surface area contributed by atoms with Crippen LogP contribution in [-0.2, 0) is 4.79 Å². The van der Waals surface area contributed by atoms with Crippen molar-refractivity contribution in [3.05, 3.63) is 23.4 Å². The fraction of sp³-hybridized carbons (Fsp3) is 0.562. The lowest BCUT2D eigenvalue weighted by Crippen LogP contribution is -2.41. The fourth-order valence-corrected chi connectivity index (χ4v) is 3.60. The summed E-state index contributed by atoms with van der Waals surface area (Å²) in [6.45, 7) is 3.84. The van der Waals surface area contributed by atoms with Crippen LogP contribution in [0.15, 0.2) is 21.9 Å². The normalized spacial score (nSPS) is 18.0. The number of amides is 1. The van der Waals surface area contributed by atoms with E-state index in [2.05, 4.69) is 22.0 Å². The van der Waals surface area contributed by atoms with Crippen LogP contribution < -0.4 is 0 Å². The third kappa shape index (κ3) is 3.45. The van der Waals surface area contributed by atoms with Crippen LogP contribution in [0.25, 0.3) is 10.8 Å². The van der Waals surface area contributed by atoms with E-state index in [-0.39, 0.29) is 17.9 Å². The van der Waals surface area contributed by atoms with E-state index in [4.69, 9.17) is 4.42 Å². The Labute approximate surface area is 140 Å². The van der Waals surface area contributed by atoms with Gasteiger partial charge in [0.1, 0.15) is 0 Å². The lowest BCUT2D eigenvalue weighted by atomic mass is 9.94. The van der Waals surface area contributed by atoms with Gasteiger partial charge in [0.15, 0.2) is 0 Å². The summed E-state index contributed by atoms with van der Waals surface area (Å²) in [5.41, 5.74) is 0. The summed E-state index contributed by atoms with van der Waals surface area (Å²) in [6.07, 6.45) is 1.76. The Kier molecular flexibility index (Phi) is 4.77. The van der Waals surface area contributed by atoms with Gasteiger partial charge in [-0.25, -0.2) is 0 Å². The van der Waals surface area contributed by atoms with Gasteiger partial charge in [-0.1, -0.05) is 6.07 Å². The second-order valence-corrected chi connectivity index (χ2v) is 7.09. The number of rotatable bonds is 4. The molecule has 0 spiro atoms. The van der Waals surface area contributed by atoms with E-state index in [1.807, 2.05) is 31.6 Å². The molecule has 0 aromatic carbocycles. The Balaban J connectivity index is 1.61. The standard InChI is InChI=1S/C16H22N4O2S/c1-11(14-17-18-15(22-14)13-5-4-10-23-13)20-8-6-12(7-9-20)16(21)19(2)3/h4-5,10-12H,6-9H2,1-3H3/t11-/m1/s1. The lowest BCUT2D eigenvalue weighted by molar-refractivity contribution is -0.134. The highest BCUT2D eigenvalue weighted by Gasteiger charge is 2.30. The molecule has 6 nitrogen and oxygen atoms in total. The largest absolute Gasteiger partial charge is 0.418 e. The summed E-state index contributed by atoms with van der Waals surface area (Å²) in [4.78, 5) is 17.0. The van der Waals surface area contributed by atoms with Gasteiger partial charge in [0.25, 0.3) is 5.89 Å². The van der Waals surface area contributed by atoms with Gasteiger partial charge in [0.05, 0.1) is 10.9 Å². The van der Waals surface area contributed by atoms with Crippen molar-refractivity contribution in [3.63, 3.8) is 0 Å². The number of thiophene rings is 1. The monoisotopic (exact) mass is 334 g/mol. The molecule has 0 unspecified atom stereocenters. The van der Waals surface area contributed by atoms with Crippen LogP contribution in [0, 0.1) is 5.92 Å². The summed E-state index contributed by atoms with van der Waals surface area (Å²) in [7, 11) is 3.64. The molecule has 0 bridgehead atoms. The number of hydrogen-bond donors (Lipinski definition) is 0. The second-order valence-electron chi connectivity index (χ2n) is 6.14. The van der Waals surface area contributed by atoms with Crippen molar-refractivity contribution in [2.75, 3.05) is 27.2 Å². The van der Waals surface area contributed by atoms with Crippen LogP contribution >= 0.6 is 11.3 Å². The first-order chi connectivity index (χ1) is 11.1. The Morgan fingerprint density at radius 1 is 1.39 bits per heavy atom. The second kappa shape index (κ2) is 6.80. The molecule has 23 heavy (non-hydrogen) atoms. The zero-order valence-electron chi connectivity index (χ0n) is 13.7. The van der Waals surface area contributed by atoms with Crippen molar-refractivity contribution in [1.29, 1.82) is 0 Å². The molecule has 0 N–H and O–H groups in total. The molecule has 1 fully saturated rings. The predicted molar refractivity (Wildman–Crippen MR) is 89.0 cm³/mol. The molecule has 124 valence electrons. The minimum absolute atomic E-state index is 0.0756. The molecule has 0 aliphatic carbocycles. The molecule has 2 aromatic heterocycles. The van der Waals surface area contributed by atoms with Gasteiger partial charge in [-0.2, -0.15) is 0 Å². The number of carbonyl (C=O) groups excluding carboxylic acids is 1. The SMILES string of the molecule is C[C@H](c1nnc(-c2cccs2)o1)N1CCC(C(=O)N(C)C)CC1. The van der Waals surface area contributed by atoms with Crippen molar-refractivity contribution in [2.45, 2.75) is 25.8 Å². The van der Waals surface area contributed by atoms with Crippen molar-refractivity contribution >= 4 is 17.2 Å². The molecule has 1 aliphatic rings. The summed E-state index contributed by atoms with van der Waals surface area (Å²) in [5.74, 6) is 1.60. The first-order valence-electron chi connectivity index (χ1n) is 7.88. The van der Waals surface area contributed by atoms with E-state index in [0.717, 1.165) is 30.8 Å². The third-order valence-corrected chi connectivity index (χ3v) is 5.26. The van der Waals surface area contributed by atoms with Crippen LogP contribution in [-0.4, -0.2) is 53.1 Å². The average molecular weight is 334 g/mol. The zero-order chi connectivity index (χ0) is 16.4. The number of likely N-dealkylation sites (tertiary alicyclic amines) is 1. The molecule has 1 saturated heterocycles. The Hall–Kier alpha value is -1.73. The van der Waals surface area contributed by atoms with Crippen molar-refractivity contribution < 1.29 is 9.21 Å². The van der Waals surface area contributed by atoms with Crippen molar-refractivity contribution in [3.8, 4) is 10.8 Å². The zero-order valence-corrected chi connectivity index (χ0v) is 14.5. The molecule has 1 atom stereocenters. The average Bonchev–Trinajstić information content (AvgIpc) is 3.24. The van der Waals surface area contributed by atoms with E-state index >= 15 is 0 Å². The quantitative estimate of drug-likeness (QED) is 0.860. The summed E-state index contributed by atoms with van der Waals surface area (Å²) in [5, 5.41) is 10.3. The van der Waals surface area contributed by atoms with E-state index < -0.39 is 0 Å². The first kappa shape index (κ1) is 16.1. The molecule has 7 heteroatoms. The number of carbonyl (C=O) groups is 1. The van der Waals surface area contributed by atoms with E-state index in [9.17, 15) is 4.79 Å². The minimum atomic E-state index is 0.0756. The molecule has 0 saturated carbocycles. The number of hydrogen-bond acceptors (Lipinski definition) is 6.